The average Bonchev–Trinajstić information content (AvgIpc) is 2.48. The van der Waals surface area contributed by atoms with Crippen LogP contribution in [0.1, 0.15) is 11.3 Å². The fraction of sp³-hybridized carbons (Fsp3) is 0.286. The van der Waals surface area contributed by atoms with Crippen LogP contribution in [0.25, 0.3) is 0 Å². The third kappa shape index (κ3) is 2.37. The number of methoxy groups -OCH3 is 1. The Bertz CT molecular complexity index is 681. The molecule has 6 nitrogen and oxygen atoms in total. The number of aromatic nitrogens is 2. The summed E-state index contributed by atoms with van der Waals surface area (Å²) in [6.45, 7) is 1.44. The topological polar surface area (TPSA) is 79.0 Å². The highest BCUT2D eigenvalue weighted by atomic mass is 16.5. The summed E-state index contributed by atoms with van der Waals surface area (Å²) >= 11 is 0. The maximum Gasteiger partial charge on any atom is 0.255 e. The van der Waals surface area contributed by atoms with E-state index in [9.17, 15) is 4.79 Å². The predicted molar refractivity (Wildman–Crippen MR) is 76.5 cm³/mol. The second-order valence-electron chi connectivity index (χ2n) is 4.59. The lowest BCUT2D eigenvalue weighted by Crippen LogP contribution is -2.31. The number of para-hydroxylation sites is 2. The van der Waals surface area contributed by atoms with Gasteiger partial charge in [0, 0.05) is 12.1 Å². The van der Waals surface area contributed by atoms with Gasteiger partial charge in [-0.25, -0.2) is 4.98 Å². The summed E-state index contributed by atoms with van der Waals surface area (Å²) in [7, 11) is 1.60. The zero-order valence-electron chi connectivity index (χ0n) is 11.2. The molecular formula is C14H16N4O2. The zero-order chi connectivity index (χ0) is 13.9. The highest BCUT2D eigenvalue weighted by molar-refractivity contribution is 5.62. The van der Waals surface area contributed by atoms with Gasteiger partial charge in [0.15, 0.2) is 0 Å². The number of nitrogens with one attached hydrogen (secondary N) is 3. The second-order valence-corrected chi connectivity index (χ2v) is 4.59. The van der Waals surface area contributed by atoms with Crippen LogP contribution in [-0.4, -0.2) is 23.6 Å². The van der Waals surface area contributed by atoms with Gasteiger partial charge in [0.25, 0.3) is 5.56 Å². The number of hydrogen-bond acceptors (Lipinski definition) is 5. The van der Waals surface area contributed by atoms with E-state index in [-0.39, 0.29) is 5.56 Å². The molecule has 2 aromatic rings. The molecule has 0 radical (unpaired) electrons. The lowest BCUT2D eigenvalue weighted by molar-refractivity contribution is 0.417. The maximum atomic E-state index is 12.0. The molecule has 0 atom stereocenters. The highest BCUT2D eigenvalue weighted by Crippen LogP contribution is 2.25. The Balaban J connectivity index is 1.95. The van der Waals surface area contributed by atoms with Crippen molar-refractivity contribution in [1.29, 1.82) is 0 Å². The van der Waals surface area contributed by atoms with Crippen LogP contribution < -0.4 is 20.9 Å². The molecular weight excluding hydrogens is 256 g/mol. The summed E-state index contributed by atoms with van der Waals surface area (Å²) in [6, 6.07) is 7.50. The molecule has 0 fully saturated rings. The second kappa shape index (κ2) is 5.34. The van der Waals surface area contributed by atoms with Gasteiger partial charge in [-0.1, -0.05) is 12.1 Å². The minimum atomic E-state index is -0.0751. The lowest BCUT2D eigenvalue weighted by atomic mass is 10.1. The van der Waals surface area contributed by atoms with Gasteiger partial charge in [-0.3, -0.25) is 9.78 Å². The molecule has 0 saturated heterocycles. The monoisotopic (exact) mass is 272 g/mol. The van der Waals surface area contributed by atoms with Crippen LogP contribution in [0.5, 0.6) is 5.75 Å². The van der Waals surface area contributed by atoms with Crippen molar-refractivity contribution in [2.75, 3.05) is 19.0 Å². The molecule has 2 heterocycles. The molecule has 0 saturated carbocycles. The predicted octanol–water partition coefficient (Wildman–Crippen LogP) is 1.17. The first-order valence-electron chi connectivity index (χ1n) is 6.51. The van der Waals surface area contributed by atoms with Crippen LogP contribution in [0.15, 0.2) is 29.1 Å². The molecule has 6 heteroatoms. The summed E-state index contributed by atoms with van der Waals surface area (Å²) in [6.07, 6.45) is 0.715. The van der Waals surface area contributed by atoms with Gasteiger partial charge in [0.05, 0.1) is 18.5 Å². The Morgan fingerprint density at radius 3 is 3.05 bits per heavy atom. The van der Waals surface area contributed by atoms with Gasteiger partial charge in [-0.2, -0.15) is 0 Å². The van der Waals surface area contributed by atoms with Crippen molar-refractivity contribution in [1.82, 2.24) is 15.3 Å². The Morgan fingerprint density at radius 2 is 2.20 bits per heavy atom. The molecule has 1 aliphatic heterocycles. The molecule has 3 rings (SSSR count). The van der Waals surface area contributed by atoms with Crippen molar-refractivity contribution in [2.24, 2.45) is 0 Å². The number of fused-ring (bicyclic) bond motifs is 1. The average molecular weight is 272 g/mol. The summed E-state index contributed by atoms with van der Waals surface area (Å²) in [5.41, 5.74) is 2.27. The number of nitrogens with zero attached hydrogens (tertiary/aromatic N) is 1. The van der Waals surface area contributed by atoms with Crippen molar-refractivity contribution < 1.29 is 4.74 Å². The van der Waals surface area contributed by atoms with Gasteiger partial charge in [-0.05, 0) is 25.1 Å². The Morgan fingerprint density at radius 1 is 1.35 bits per heavy atom. The molecule has 0 aliphatic carbocycles. The van der Waals surface area contributed by atoms with E-state index in [1.807, 2.05) is 24.3 Å². The van der Waals surface area contributed by atoms with Gasteiger partial charge in [0.2, 0.25) is 5.95 Å². The fourth-order valence-electron chi connectivity index (χ4n) is 2.30. The normalized spacial score (nSPS) is 13.7. The number of benzene rings is 1. The van der Waals surface area contributed by atoms with Crippen molar-refractivity contribution in [2.45, 2.75) is 13.0 Å². The molecule has 0 amide bonds. The van der Waals surface area contributed by atoms with E-state index in [2.05, 4.69) is 20.6 Å². The third-order valence-corrected chi connectivity index (χ3v) is 3.31. The van der Waals surface area contributed by atoms with E-state index < -0.39 is 0 Å². The molecule has 1 aromatic carbocycles. The number of H-pyrrole nitrogens is 1. The number of rotatable bonds is 3. The summed E-state index contributed by atoms with van der Waals surface area (Å²) in [4.78, 5) is 19.3. The maximum absolute atomic E-state index is 12.0. The molecule has 20 heavy (non-hydrogen) atoms. The SMILES string of the molecule is COc1ccccc1Nc1nc2c(c(=O)[nH]1)CCNC2. The number of aromatic amines is 1. The summed E-state index contributed by atoms with van der Waals surface area (Å²) in [5.74, 6) is 1.13. The van der Waals surface area contributed by atoms with Gasteiger partial charge in [0.1, 0.15) is 5.75 Å². The molecule has 0 spiro atoms. The number of anilines is 2. The van der Waals surface area contributed by atoms with Crippen molar-refractivity contribution in [3.63, 3.8) is 0 Å². The number of hydrogen-bond donors (Lipinski definition) is 3. The van der Waals surface area contributed by atoms with Crippen molar-refractivity contribution >= 4 is 11.6 Å². The Kier molecular flexibility index (Phi) is 3.39. The Hall–Kier alpha value is -2.34. The first-order valence-corrected chi connectivity index (χ1v) is 6.51. The smallest absolute Gasteiger partial charge is 0.255 e. The quantitative estimate of drug-likeness (QED) is 0.781. The van der Waals surface area contributed by atoms with Crippen LogP contribution in [0.2, 0.25) is 0 Å². The molecule has 0 bridgehead atoms. The van der Waals surface area contributed by atoms with Crippen molar-refractivity contribution in [3.05, 3.63) is 45.9 Å². The zero-order valence-corrected chi connectivity index (χ0v) is 11.2. The molecule has 1 aromatic heterocycles. The van der Waals surface area contributed by atoms with E-state index in [0.29, 0.717) is 24.7 Å². The molecule has 1 aliphatic rings. The van der Waals surface area contributed by atoms with Crippen molar-refractivity contribution in [3.8, 4) is 5.75 Å². The molecule has 3 N–H and O–H groups in total. The largest absolute Gasteiger partial charge is 0.495 e. The van der Waals surface area contributed by atoms with E-state index in [1.54, 1.807) is 7.11 Å². The lowest BCUT2D eigenvalue weighted by Gasteiger charge is -2.16. The van der Waals surface area contributed by atoms with Gasteiger partial charge in [-0.15, -0.1) is 0 Å². The van der Waals surface area contributed by atoms with Crippen LogP contribution in [0, 0.1) is 0 Å². The van der Waals surface area contributed by atoms with E-state index in [4.69, 9.17) is 4.74 Å². The molecule has 104 valence electrons. The minimum Gasteiger partial charge on any atom is -0.495 e. The molecule has 0 unspecified atom stereocenters. The minimum absolute atomic E-state index is 0.0751. The van der Waals surface area contributed by atoms with E-state index >= 15 is 0 Å². The first-order chi connectivity index (χ1) is 9.78. The first kappa shape index (κ1) is 12.7. The van der Waals surface area contributed by atoms with E-state index in [0.717, 1.165) is 23.5 Å². The van der Waals surface area contributed by atoms with Crippen LogP contribution in [-0.2, 0) is 13.0 Å². The standard InChI is InChI=1S/C14H16N4O2/c1-20-12-5-3-2-4-10(12)16-14-17-11-8-15-7-6-9(11)13(19)18-14/h2-5,15H,6-8H2,1H3,(H2,16,17,18,19). The van der Waals surface area contributed by atoms with Crippen LogP contribution in [0.3, 0.4) is 0 Å². The van der Waals surface area contributed by atoms with Gasteiger partial charge < -0.3 is 15.4 Å². The Labute approximate surface area is 116 Å². The summed E-state index contributed by atoms with van der Waals surface area (Å²) in [5, 5.41) is 6.31. The van der Waals surface area contributed by atoms with Crippen LogP contribution in [0.4, 0.5) is 11.6 Å². The van der Waals surface area contributed by atoms with E-state index in [1.165, 1.54) is 0 Å². The summed E-state index contributed by atoms with van der Waals surface area (Å²) < 4.78 is 5.27. The highest BCUT2D eigenvalue weighted by Gasteiger charge is 2.15. The fourth-order valence-corrected chi connectivity index (χ4v) is 2.30. The number of ether oxygens (including phenoxy) is 1. The van der Waals surface area contributed by atoms with Crippen LogP contribution >= 0.6 is 0 Å². The van der Waals surface area contributed by atoms with Gasteiger partial charge >= 0.3 is 0 Å². The third-order valence-electron chi connectivity index (χ3n) is 3.31.